The van der Waals surface area contributed by atoms with Gasteiger partial charge in [-0.3, -0.25) is 9.59 Å². The Labute approximate surface area is 151 Å². The van der Waals surface area contributed by atoms with Gasteiger partial charge in [-0.25, -0.2) is 0 Å². The lowest BCUT2D eigenvalue weighted by Gasteiger charge is -2.10. The molecule has 0 saturated carbocycles. The molecule has 0 heterocycles. The van der Waals surface area contributed by atoms with E-state index < -0.39 is 0 Å². The van der Waals surface area contributed by atoms with Gasteiger partial charge in [0.25, 0.3) is 5.91 Å². The van der Waals surface area contributed by atoms with E-state index in [4.69, 9.17) is 16.3 Å². The Hall–Kier alpha value is -2.57. The molecule has 0 aliphatic heterocycles. The van der Waals surface area contributed by atoms with Crippen LogP contribution in [0.4, 0.5) is 11.4 Å². The smallest absolute Gasteiger partial charge is 0.251 e. The molecule has 2 aromatic rings. The zero-order valence-electron chi connectivity index (χ0n) is 13.8. The number of rotatable bonds is 8. The first kappa shape index (κ1) is 18.8. The van der Waals surface area contributed by atoms with Crippen molar-refractivity contribution in [3.63, 3.8) is 0 Å². The van der Waals surface area contributed by atoms with Crippen molar-refractivity contribution < 1.29 is 14.3 Å². The summed E-state index contributed by atoms with van der Waals surface area (Å²) < 4.78 is 4.88. The molecule has 3 N–H and O–H groups in total. The van der Waals surface area contributed by atoms with Gasteiger partial charge in [0.05, 0.1) is 23.9 Å². The highest BCUT2D eigenvalue weighted by Crippen LogP contribution is 2.20. The molecular formula is C18H20ClN3O3. The Balaban J connectivity index is 1.82. The largest absolute Gasteiger partial charge is 0.383 e. The fourth-order valence-electron chi connectivity index (χ4n) is 2.05. The van der Waals surface area contributed by atoms with Crippen molar-refractivity contribution in [1.82, 2.24) is 5.32 Å². The molecule has 6 nitrogen and oxygen atoms in total. The fraction of sp³-hybridized carbons (Fsp3) is 0.222. The molecule has 0 saturated heterocycles. The third-order valence-electron chi connectivity index (χ3n) is 3.34. The predicted molar refractivity (Wildman–Crippen MR) is 99.2 cm³/mol. The molecule has 25 heavy (non-hydrogen) atoms. The van der Waals surface area contributed by atoms with Crippen molar-refractivity contribution in [2.75, 3.05) is 37.4 Å². The van der Waals surface area contributed by atoms with Gasteiger partial charge in [-0.05, 0) is 36.4 Å². The normalized spacial score (nSPS) is 10.2. The fourth-order valence-corrected chi connectivity index (χ4v) is 2.23. The Bertz CT molecular complexity index is 720. The van der Waals surface area contributed by atoms with Crippen LogP contribution in [0.3, 0.4) is 0 Å². The van der Waals surface area contributed by atoms with Crippen LogP contribution < -0.4 is 16.0 Å². The number of anilines is 2. The van der Waals surface area contributed by atoms with Gasteiger partial charge in [0.15, 0.2) is 0 Å². The summed E-state index contributed by atoms with van der Waals surface area (Å²) in [5, 5.41) is 8.95. The minimum Gasteiger partial charge on any atom is -0.383 e. The van der Waals surface area contributed by atoms with Gasteiger partial charge in [-0.1, -0.05) is 23.7 Å². The summed E-state index contributed by atoms with van der Waals surface area (Å²) in [7, 11) is 1.58. The van der Waals surface area contributed by atoms with E-state index in [1.54, 1.807) is 55.6 Å². The lowest BCUT2D eigenvalue weighted by Crippen LogP contribution is -2.26. The number of ether oxygens (including phenoxy) is 1. The number of carbonyl (C=O) groups is 2. The van der Waals surface area contributed by atoms with E-state index in [-0.39, 0.29) is 18.4 Å². The minimum atomic E-state index is -0.213. The van der Waals surface area contributed by atoms with Crippen LogP contribution in [0.1, 0.15) is 10.4 Å². The average molecular weight is 362 g/mol. The molecule has 0 aliphatic carbocycles. The summed E-state index contributed by atoms with van der Waals surface area (Å²) >= 11 is 6.00. The van der Waals surface area contributed by atoms with Gasteiger partial charge in [0, 0.05) is 24.9 Å². The standard InChI is InChI=1S/C18H20ClN3O3/c1-25-11-10-20-18(24)13-6-8-14(9-7-13)21-12-17(23)22-16-5-3-2-4-15(16)19/h2-9,21H,10-12H2,1H3,(H,20,24)(H,22,23). The number of para-hydroxylation sites is 1. The van der Waals surface area contributed by atoms with E-state index in [0.29, 0.717) is 29.4 Å². The van der Waals surface area contributed by atoms with Crippen LogP contribution in [0.25, 0.3) is 0 Å². The predicted octanol–water partition coefficient (Wildman–Crippen LogP) is 2.77. The SMILES string of the molecule is COCCNC(=O)c1ccc(NCC(=O)Nc2ccccc2Cl)cc1. The molecule has 0 aromatic heterocycles. The number of nitrogens with one attached hydrogen (secondary N) is 3. The Morgan fingerprint density at radius 2 is 1.80 bits per heavy atom. The Kier molecular flexibility index (Phi) is 7.25. The summed E-state index contributed by atoms with van der Waals surface area (Å²) in [6.07, 6.45) is 0. The summed E-state index contributed by atoms with van der Waals surface area (Å²) in [4.78, 5) is 23.8. The molecule has 0 unspecified atom stereocenters. The molecule has 0 aliphatic rings. The molecule has 0 fully saturated rings. The Morgan fingerprint density at radius 3 is 2.48 bits per heavy atom. The van der Waals surface area contributed by atoms with E-state index in [0.717, 1.165) is 5.69 Å². The molecular weight excluding hydrogens is 342 g/mol. The van der Waals surface area contributed by atoms with E-state index in [2.05, 4.69) is 16.0 Å². The van der Waals surface area contributed by atoms with Crippen LogP contribution in [-0.4, -0.2) is 38.6 Å². The zero-order chi connectivity index (χ0) is 18.1. The van der Waals surface area contributed by atoms with Crippen molar-refractivity contribution in [3.8, 4) is 0 Å². The third-order valence-corrected chi connectivity index (χ3v) is 3.67. The summed E-state index contributed by atoms with van der Waals surface area (Å²) in [6, 6.07) is 13.9. The first-order valence-corrected chi connectivity index (χ1v) is 8.13. The van der Waals surface area contributed by atoms with Gasteiger partial charge in [0.2, 0.25) is 5.91 Å². The number of methoxy groups -OCH3 is 1. The van der Waals surface area contributed by atoms with Gasteiger partial charge in [0.1, 0.15) is 0 Å². The van der Waals surface area contributed by atoms with Crippen LogP contribution >= 0.6 is 11.6 Å². The number of halogens is 1. The first-order chi connectivity index (χ1) is 12.1. The quantitative estimate of drug-likeness (QED) is 0.632. The van der Waals surface area contributed by atoms with Crippen LogP contribution in [0.15, 0.2) is 48.5 Å². The molecule has 2 rings (SSSR count). The number of carbonyl (C=O) groups excluding carboxylic acids is 2. The topological polar surface area (TPSA) is 79.5 Å². The second-order valence-corrected chi connectivity index (χ2v) is 5.61. The van der Waals surface area contributed by atoms with E-state index in [1.165, 1.54) is 0 Å². The average Bonchev–Trinajstić information content (AvgIpc) is 2.62. The molecule has 0 radical (unpaired) electrons. The van der Waals surface area contributed by atoms with E-state index >= 15 is 0 Å². The monoisotopic (exact) mass is 361 g/mol. The lowest BCUT2D eigenvalue weighted by atomic mass is 10.2. The van der Waals surface area contributed by atoms with Crippen molar-refractivity contribution >= 4 is 34.8 Å². The van der Waals surface area contributed by atoms with Gasteiger partial charge >= 0.3 is 0 Å². The van der Waals surface area contributed by atoms with Crippen LogP contribution in [-0.2, 0) is 9.53 Å². The second-order valence-electron chi connectivity index (χ2n) is 5.21. The molecule has 132 valence electrons. The third kappa shape index (κ3) is 6.10. The number of hydrogen-bond donors (Lipinski definition) is 3. The molecule has 0 spiro atoms. The van der Waals surface area contributed by atoms with Gasteiger partial charge in [-0.15, -0.1) is 0 Å². The summed E-state index contributed by atoms with van der Waals surface area (Å²) in [5.74, 6) is -0.380. The Morgan fingerprint density at radius 1 is 1.08 bits per heavy atom. The molecule has 0 bridgehead atoms. The maximum Gasteiger partial charge on any atom is 0.251 e. The maximum atomic E-state index is 12.0. The zero-order valence-corrected chi connectivity index (χ0v) is 14.6. The number of hydrogen-bond acceptors (Lipinski definition) is 4. The van der Waals surface area contributed by atoms with Crippen LogP contribution in [0, 0.1) is 0 Å². The second kappa shape index (κ2) is 9.66. The van der Waals surface area contributed by atoms with E-state index in [1.807, 2.05) is 0 Å². The molecule has 2 amide bonds. The highest BCUT2D eigenvalue weighted by molar-refractivity contribution is 6.33. The first-order valence-electron chi connectivity index (χ1n) is 7.75. The number of amides is 2. The minimum absolute atomic E-state index is 0.0879. The highest BCUT2D eigenvalue weighted by Gasteiger charge is 2.07. The van der Waals surface area contributed by atoms with E-state index in [9.17, 15) is 9.59 Å². The van der Waals surface area contributed by atoms with Gasteiger partial charge < -0.3 is 20.7 Å². The van der Waals surface area contributed by atoms with Crippen molar-refractivity contribution in [1.29, 1.82) is 0 Å². The molecule has 2 aromatic carbocycles. The summed E-state index contributed by atoms with van der Waals surface area (Å²) in [5.41, 5.74) is 1.85. The van der Waals surface area contributed by atoms with Crippen LogP contribution in [0.2, 0.25) is 5.02 Å². The number of benzene rings is 2. The maximum absolute atomic E-state index is 12.0. The molecule has 7 heteroatoms. The summed E-state index contributed by atoms with van der Waals surface area (Å²) in [6.45, 7) is 1.01. The van der Waals surface area contributed by atoms with Gasteiger partial charge in [-0.2, -0.15) is 0 Å². The van der Waals surface area contributed by atoms with Crippen molar-refractivity contribution in [2.45, 2.75) is 0 Å². The highest BCUT2D eigenvalue weighted by atomic mass is 35.5. The van der Waals surface area contributed by atoms with Crippen molar-refractivity contribution in [2.24, 2.45) is 0 Å². The van der Waals surface area contributed by atoms with Crippen LogP contribution in [0.5, 0.6) is 0 Å². The molecule has 0 atom stereocenters. The van der Waals surface area contributed by atoms with Crippen molar-refractivity contribution in [3.05, 3.63) is 59.1 Å². The lowest BCUT2D eigenvalue weighted by molar-refractivity contribution is -0.114.